The van der Waals surface area contributed by atoms with Crippen LogP contribution in [-0.2, 0) is 6.54 Å². The Labute approximate surface area is 139 Å². The number of rotatable bonds is 9. The number of anilines is 1. The number of thiazole rings is 1. The standard InChI is InChI=1S/C17H32N4S/c1-4-7-10-20-11-8-15(9-12-20)18-13-16-14-19-17(22-16)21(5-2)6-3/h14-15,18H,4-13H2,1-3H3. The van der Waals surface area contributed by atoms with E-state index in [0.29, 0.717) is 6.04 Å². The molecular weight excluding hydrogens is 292 g/mol. The maximum atomic E-state index is 4.56. The van der Waals surface area contributed by atoms with Gasteiger partial charge in [0.25, 0.3) is 0 Å². The number of piperidine rings is 1. The molecule has 1 aliphatic rings. The zero-order valence-corrected chi connectivity index (χ0v) is 15.3. The minimum Gasteiger partial charge on any atom is -0.349 e. The van der Waals surface area contributed by atoms with Crippen LogP contribution >= 0.6 is 11.3 Å². The fraction of sp³-hybridized carbons (Fsp3) is 0.824. The predicted molar refractivity (Wildman–Crippen MR) is 96.9 cm³/mol. The van der Waals surface area contributed by atoms with Crippen molar-refractivity contribution in [1.82, 2.24) is 15.2 Å². The lowest BCUT2D eigenvalue weighted by Crippen LogP contribution is -2.42. The first-order valence-electron chi connectivity index (χ1n) is 8.92. The highest BCUT2D eigenvalue weighted by atomic mass is 32.1. The molecule has 0 spiro atoms. The summed E-state index contributed by atoms with van der Waals surface area (Å²) in [7, 11) is 0. The van der Waals surface area contributed by atoms with Crippen LogP contribution in [0.5, 0.6) is 0 Å². The van der Waals surface area contributed by atoms with Gasteiger partial charge in [-0.15, -0.1) is 11.3 Å². The molecule has 0 unspecified atom stereocenters. The van der Waals surface area contributed by atoms with Crippen molar-refractivity contribution in [2.24, 2.45) is 0 Å². The van der Waals surface area contributed by atoms with Crippen molar-refractivity contribution >= 4 is 16.5 Å². The van der Waals surface area contributed by atoms with E-state index in [2.05, 4.69) is 40.9 Å². The molecule has 1 saturated heterocycles. The molecule has 1 aliphatic heterocycles. The summed E-state index contributed by atoms with van der Waals surface area (Å²) in [5, 5.41) is 4.89. The molecule has 0 bridgehead atoms. The van der Waals surface area contributed by atoms with E-state index in [4.69, 9.17) is 0 Å². The lowest BCUT2D eigenvalue weighted by molar-refractivity contribution is 0.195. The zero-order chi connectivity index (χ0) is 15.8. The van der Waals surface area contributed by atoms with Crippen molar-refractivity contribution in [3.8, 4) is 0 Å². The van der Waals surface area contributed by atoms with Crippen molar-refractivity contribution < 1.29 is 0 Å². The molecule has 22 heavy (non-hydrogen) atoms. The van der Waals surface area contributed by atoms with E-state index in [0.717, 1.165) is 24.8 Å². The first-order chi connectivity index (χ1) is 10.8. The van der Waals surface area contributed by atoms with Crippen molar-refractivity contribution in [2.45, 2.75) is 59.0 Å². The average Bonchev–Trinajstić information content (AvgIpc) is 3.02. The van der Waals surface area contributed by atoms with Gasteiger partial charge in [0.2, 0.25) is 0 Å². The van der Waals surface area contributed by atoms with Gasteiger partial charge in [-0.25, -0.2) is 4.98 Å². The maximum absolute atomic E-state index is 4.56. The summed E-state index contributed by atoms with van der Waals surface area (Å²) in [4.78, 5) is 10.9. The summed E-state index contributed by atoms with van der Waals surface area (Å²) in [5.41, 5.74) is 0. The summed E-state index contributed by atoms with van der Waals surface area (Å²) in [6, 6.07) is 0.678. The Hall–Kier alpha value is -0.650. The average molecular weight is 325 g/mol. The van der Waals surface area contributed by atoms with Gasteiger partial charge in [-0.05, 0) is 52.7 Å². The summed E-state index contributed by atoms with van der Waals surface area (Å²) in [6.45, 7) is 13.5. The Morgan fingerprint density at radius 3 is 2.64 bits per heavy atom. The van der Waals surface area contributed by atoms with Gasteiger partial charge in [0.15, 0.2) is 5.13 Å². The van der Waals surface area contributed by atoms with Gasteiger partial charge in [-0.3, -0.25) is 0 Å². The molecule has 0 aliphatic carbocycles. The van der Waals surface area contributed by atoms with Crippen LogP contribution in [0.4, 0.5) is 5.13 Å². The van der Waals surface area contributed by atoms with Gasteiger partial charge in [-0.2, -0.15) is 0 Å². The van der Waals surface area contributed by atoms with E-state index >= 15 is 0 Å². The lowest BCUT2D eigenvalue weighted by Gasteiger charge is -2.32. The third-order valence-corrected chi connectivity index (χ3v) is 5.61. The van der Waals surface area contributed by atoms with Crippen LogP contribution in [0.25, 0.3) is 0 Å². The molecule has 0 radical (unpaired) electrons. The Kier molecular flexibility index (Phi) is 7.63. The zero-order valence-electron chi connectivity index (χ0n) is 14.5. The fourth-order valence-electron chi connectivity index (χ4n) is 3.01. The van der Waals surface area contributed by atoms with Crippen molar-refractivity contribution in [3.05, 3.63) is 11.1 Å². The quantitative estimate of drug-likeness (QED) is 0.755. The van der Waals surface area contributed by atoms with Gasteiger partial charge in [0.05, 0.1) is 0 Å². The Morgan fingerprint density at radius 2 is 2.00 bits per heavy atom. The van der Waals surface area contributed by atoms with Crippen LogP contribution in [-0.4, -0.2) is 48.6 Å². The molecule has 0 aromatic carbocycles. The smallest absolute Gasteiger partial charge is 0.185 e. The van der Waals surface area contributed by atoms with E-state index in [1.165, 1.54) is 50.2 Å². The number of nitrogens with zero attached hydrogens (tertiary/aromatic N) is 3. The third-order valence-electron chi connectivity index (χ3n) is 4.56. The molecule has 0 atom stereocenters. The second-order valence-electron chi connectivity index (χ2n) is 6.13. The summed E-state index contributed by atoms with van der Waals surface area (Å²) in [6.07, 6.45) is 7.25. The first kappa shape index (κ1) is 17.7. The molecule has 0 saturated carbocycles. The highest BCUT2D eigenvalue weighted by Gasteiger charge is 2.18. The van der Waals surface area contributed by atoms with Gasteiger partial charge in [0.1, 0.15) is 0 Å². The molecule has 1 aromatic heterocycles. The second-order valence-corrected chi connectivity index (χ2v) is 7.23. The van der Waals surface area contributed by atoms with E-state index in [9.17, 15) is 0 Å². The van der Waals surface area contributed by atoms with Crippen molar-refractivity contribution in [2.75, 3.05) is 37.6 Å². The number of aromatic nitrogens is 1. The van der Waals surface area contributed by atoms with Gasteiger partial charge < -0.3 is 15.1 Å². The number of hydrogen-bond donors (Lipinski definition) is 1. The normalized spacial score (nSPS) is 17.0. The minimum absolute atomic E-state index is 0.678. The molecule has 1 fully saturated rings. The molecule has 4 nitrogen and oxygen atoms in total. The molecule has 0 amide bonds. The van der Waals surface area contributed by atoms with Gasteiger partial charge in [0, 0.05) is 36.8 Å². The number of likely N-dealkylation sites (tertiary alicyclic amines) is 1. The number of unbranched alkanes of at least 4 members (excludes halogenated alkanes) is 1. The summed E-state index contributed by atoms with van der Waals surface area (Å²) in [5.74, 6) is 0. The monoisotopic (exact) mass is 324 g/mol. The second kappa shape index (κ2) is 9.48. The minimum atomic E-state index is 0.678. The SMILES string of the molecule is CCCCN1CCC(NCc2cnc(N(CC)CC)s2)CC1. The molecular formula is C17H32N4S. The molecule has 126 valence electrons. The van der Waals surface area contributed by atoms with E-state index < -0.39 is 0 Å². The highest BCUT2D eigenvalue weighted by molar-refractivity contribution is 7.15. The molecule has 1 N–H and O–H groups in total. The molecule has 5 heteroatoms. The Bertz CT molecular complexity index is 409. The van der Waals surface area contributed by atoms with E-state index in [1.807, 2.05) is 17.5 Å². The largest absolute Gasteiger partial charge is 0.349 e. The maximum Gasteiger partial charge on any atom is 0.185 e. The van der Waals surface area contributed by atoms with Gasteiger partial charge in [-0.1, -0.05) is 13.3 Å². The van der Waals surface area contributed by atoms with Crippen molar-refractivity contribution in [1.29, 1.82) is 0 Å². The van der Waals surface area contributed by atoms with Crippen LogP contribution < -0.4 is 10.2 Å². The van der Waals surface area contributed by atoms with E-state index in [1.54, 1.807) is 0 Å². The Balaban J connectivity index is 1.71. The fourth-order valence-corrected chi connectivity index (χ4v) is 3.99. The van der Waals surface area contributed by atoms with Crippen LogP contribution in [0.15, 0.2) is 6.20 Å². The lowest BCUT2D eigenvalue weighted by atomic mass is 10.0. The highest BCUT2D eigenvalue weighted by Crippen LogP contribution is 2.22. The van der Waals surface area contributed by atoms with Crippen LogP contribution in [0.1, 0.15) is 51.3 Å². The third kappa shape index (κ3) is 5.21. The molecule has 2 rings (SSSR count). The summed E-state index contributed by atoms with van der Waals surface area (Å²) >= 11 is 1.83. The van der Waals surface area contributed by atoms with Crippen LogP contribution in [0.2, 0.25) is 0 Å². The number of nitrogens with one attached hydrogen (secondary N) is 1. The number of hydrogen-bond acceptors (Lipinski definition) is 5. The predicted octanol–water partition coefficient (Wildman–Crippen LogP) is 3.34. The van der Waals surface area contributed by atoms with Crippen LogP contribution in [0, 0.1) is 0 Å². The van der Waals surface area contributed by atoms with Gasteiger partial charge >= 0.3 is 0 Å². The molecule has 2 heterocycles. The van der Waals surface area contributed by atoms with E-state index in [-0.39, 0.29) is 0 Å². The topological polar surface area (TPSA) is 31.4 Å². The van der Waals surface area contributed by atoms with Crippen molar-refractivity contribution in [3.63, 3.8) is 0 Å². The van der Waals surface area contributed by atoms with Crippen LogP contribution in [0.3, 0.4) is 0 Å². The summed E-state index contributed by atoms with van der Waals surface area (Å²) < 4.78 is 0. The Morgan fingerprint density at radius 1 is 1.27 bits per heavy atom. The first-order valence-corrected chi connectivity index (χ1v) is 9.73. The molecule has 1 aromatic rings.